The molecule has 0 bridgehead atoms. The highest BCUT2D eigenvalue weighted by Gasteiger charge is 2.31. The van der Waals surface area contributed by atoms with Crippen molar-refractivity contribution in [2.45, 2.75) is 33.6 Å². The average Bonchev–Trinajstić information content (AvgIpc) is 2.06. The molecule has 0 amide bonds. The van der Waals surface area contributed by atoms with Crippen molar-refractivity contribution >= 4 is 6.21 Å². The highest BCUT2D eigenvalue weighted by atomic mass is 16.4. The van der Waals surface area contributed by atoms with E-state index in [0.717, 1.165) is 5.92 Å². The summed E-state index contributed by atoms with van der Waals surface area (Å²) >= 11 is 0. The van der Waals surface area contributed by atoms with Crippen molar-refractivity contribution in [2.24, 2.45) is 28.8 Å². The second-order valence-electron chi connectivity index (χ2n) is 4.23. The van der Waals surface area contributed by atoms with Gasteiger partial charge < -0.3 is 5.21 Å². The Morgan fingerprint density at radius 2 is 1.75 bits per heavy atom. The Morgan fingerprint density at radius 1 is 1.17 bits per heavy atom. The van der Waals surface area contributed by atoms with Crippen LogP contribution in [-0.2, 0) is 0 Å². The van der Waals surface area contributed by atoms with Crippen LogP contribution in [0.25, 0.3) is 0 Å². The molecule has 0 aliphatic heterocycles. The zero-order valence-electron chi connectivity index (χ0n) is 8.20. The number of oxime groups is 1. The summed E-state index contributed by atoms with van der Waals surface area (Å²) in [5.41, 5.74) is 0. The van der Waals surface area contributed by atoms with E-state index in [9.17, 15) is 0 Å². The third-order valence-corrected chi connectivity index (χ3v) is 3.48. The highest BCUT2D eigenvalue weighted by molar-refractivity contribution is 5.60. The molecule has 0 aromatic rings. The lowest BCUT2D eigenvalue weighted by Crippen LogP contribution is -2.31. The van der Waals surface area contributed by atoms with Gasteiger partial charge in [0.2, 0.25) is 0 Å². The van der Waals surface area contributed by atoms with Crippen molar-refractivity contribution in [3.8, 4) is 0 Å². The Bertz CT molecular complexity index is 167. The highest BCUT2D eigenvalue weighted by Crippen LogP contribution is 2.37. The van der Waals surface area contributed by atoms with Crippen LogP contribution in [0, 0.1) is 23.7 Å². The number of rotatable bonds is 1. The second-order valence-corrected chi connectivity index (χ2v) is 4.23. The molecular formula is C10H19NO. The summed E-state index contributed by atoms with van der Waals surface area (Å²) in [6, 6.07) is 0. The van der Waals surface area contributed by atoms with Gasteiger partial charge >= 0.3 is 0 Å². The van der Waals surface area contributed by atoms with Gasteiger partial charge in [0.25, 0.3) is 0 Å². The molecule has 2 heteroatoms. The maximum atomic E-state index is 8.51. The van der Waals surface area contributed by atoms with Gasteiger partial charge in [0.05, 0.1) is 0 Å². The molecule has 12 heavy (non-hydrogen) atoms. The zero-order valence-corrected chi connectivity index (χ0v) is 8.20. The molecule has 1 aliphatic rings. The van der Waals surface area contributed by atoms with E-state index in [2.05, 4.69) is 25.9 Å². The summed E-state index contributed by atoms with van der Waals surface area (Å²) in [7, 11) is 0. The molecular weight excluding hydrogens is 150 g/mol. The molecule has 1 N–H and O–H groups in total. The lowest BCUT2D eigenvalue weighted by atomic mass is 9.69. The third kappa shape index (κ3) is 1.79. The largest absolute Gasteiger partial charge is 0.411 e. The molecule has 4 atom stereocenters. The second kappa shape index (κ2) is 3.92. The molecule has 1 aliphatic carbocycles. The van der Waals surface area contributed by atoms with Crippen molar-refractivity contribution in [3.63, 3.8) is 0 Å². The fraction of sp³-hybridized carbons (Fsp3) is 0.900. The van der Waals surface area contributed by atoms with Crippen LogP contribution >= 0.6 is 0 Å². The fourth-order valence-electron chi connectivity index (χ4n) is 2.24. The average molecular weight is 169 g/mol. The molecule has 1 fully saturated rings. The van der Waals surface area contributed by atoms with E-state index in [1.54, 1.807) is 6.21 Å². The first-order valence-corrected chi connectivity index (χ1v) is 4.84. The summed E-state index contributed by atoms with van der Waals surface area (Å²) in [5.74, 6) is 2.57. The van der Waals surface area contributed by atoms with Gasteiger partial charge in [-0.15, -0.1) is 5.16 Å². The van der Waals surface area contributed by atoms with Crippen LogP contribution < -0.4 is 0 Å². The van der Waals surface area contributed by atoms with Crippen molar-refractivity contribution in [1.29, 1.82) is 0 Å². The van der Waals surface area contributed by atoms with E-state index < -0.39 is 0 Å². The standard InChI is InChI=1S/C10H19NO/c1-7-4-5-8(2)10(6-11-12)9(7)3/h6-10,12H,4-5H2,1-3H3/b11-6+. The van der Waals surface area contributed by atoms with Gasteiger partial charge in [-0.2, -0.15) is 0 Å². The van der Waals surface area contributed by atoms with E-state index >= 15 is 0 Å². The number of hydrogen-bond acceptors (Lipinski definition) is 2. The van der Waals surface area contributed by atoms with E-state index in [1.165, 1.54) is 12.8 Å². The van der Waals surface area contributed by atoms with E-state index in [0.29, 0.717) is 17.8 Å². The van der Waals surface area contributed by atoms with Crippen LogP contribution in [0.3, 0.4) is 0 Å². The topological polar surface area (TPSA) is 32.6 Å². The maximum absolute atomic E-state index is 8.51. The fourth-order valence-corrected chi connectivity index (χ4v) is 2.24. The maximum Gasteiger partial charge on any atom is 0.0472 e. The minimum atomic E-state index is 0.471. The van der Waals surface area contributed by atoms with Gasteiger partial charge in [-0.25, -0.2) is 0 Å². The van der Waals surface area contributed by atoms with Gasteiger partial charge in [-0.1, -0.05) is 27.2 Å². The molecule has 0 spiro atoms. The third-order valence-electron chi connectivity index (χ3n) is 3.48. The first-order chi connectivity index (χ1) is 5.66. The van der Waals surface area contributed by atoms with E-state index in [4.69, 9.17) is 5.21 Å². The Kier molecular flexibility index (Phi) is 3.12. The van der Waals surface area contributed by atoms with Crippen LogP contribution in [0.15, 0.2) is 5.16 Å². The minimum Gasteiger partial charge on any atom is -0.411 e. The molecule has 2 nitrogen and oxygen atoms in total. The first-order valence-electron chi connectivity index (χ1n) is 4.84. The Morgan fingerprint density at radius 3 is 2.33 bits per heavy atom. The molecule has 0 heterocycles. The van der Waals surface area contributed by atoms with Crippen LogP contribution in [-0.4, -0.2) is 11.4 Å². The molecule has 0 aromatic heterocycles. The number of nitrogens with zero attached hydrogens (tertiary/aromatic N) is 1. The molecule has 4 unspecified atom stereocenters. The molecule has 1 saturated carbocycles. The van der Waals surface area contributed by atoms with Crippen LogP contribution in [0.4, 0.5) is 0 Å². The van der Waals surface area contributed by atoms with E-state index in [1.807, 2.05) is 0 Å². The predicted molar refractivity (Wildman–Crippen MR) is 50.5 cm³/mol. The van der Waals surface area contributed by atoms with Crippen LogP contribution in [0.1, 0.15) is 33.6 Å². The molecule has 70 valence electrons. The van der Waals surface area contributed by atoms with Crippen molar-refractivity contribution in [1.82, 2.24) is 0 Å². The zero-order chi connectivity index (χ0) is 9.14. The summed E-state index contributed by atoms with van der Waals surface area (Å²) in [6.07, 6.45) is 4.30. The van der Waals surface area contributed by atoms with Crippen molar-refractivity contribution in [2.75, 3.05) is 0 Å². The van der Waals surface area contributed by atoms with E-state index in [-0.39, 0.29) is 0 Å². The van der Waals surface area contributed by atoms with Gasteiger partial charge in [-0.3, -0.25) is 0 Å². The van der Waals surface area contributed by atoms with Gasteiger partial charge in [0, 0.05) is 12.1 Å². The van der Waals surface area contributed by atoms with Gasteiger partial charge in [0.15, 0.2) is 0 Å². The smallest absolute Gasteiger partial charge is 0.0472 e. The lowest BCUT2D eigenvalue weighted by Gasteiger charge is -2.36. The predicted octanol–water partition coefficient (Wildman–Crippen LogP) is 2.76. The van der Waals surface area contributed by atoms with Crippen molar-refractivity contribution < 1.29 is 5.21 Å². The monoisotopic (exact) mass is 169 g/mol. The normalized spacial score (nSPS) is 43.6. The van der Waals surface area contributed by atoms with Crippen LogP contribution in [0.2, 0.25) is 0 Å². The Labute approximate surface area is 74.7 Å². The SMILES string of the molecule is CC1CCC(C)C(/C=N/O)C1C. The van der Waals surface area contributed by atoms with Gasteiger partial charge in [0.1, 0.15) is 0 Å². The van der Waals surface area contributed by atoms with Crippen molar-refractivity contribution in [3.05, 3.63) is 0 Å². The molecule has 0 aromatic carbocycles. The Hall–Kier alpha value is -0.530. The first kappa shape index (κ1) is 9.56. The molecule has 0 saturated heterocycles. The lowest BCUT2D eigenvalue weighted by molar-refractivity contribution is 0.172. The molecule has 1 rings (SSSR count). The summed E-state index contributed by atoms with van der Waals surface area (Å²) < 4.78 is 0. The summed E-state index contributed by atoms with van der Waals surface area (Å²) in [5, 5.41) is 11.7. The summed E-state index contributed by atoms with van der Waals surface area (Å²) in [6.45, 7) is 6.79. The molecule has 0 radical (unpaired) electrons. The number of hydrogen-bond donors (Lipinski definition) is 1. The summed E-state index contributed by atoms with van der Waals surface area (Å²) in [4.78, 5) is 0. The quantitative estimate of drug-likeness (QED) is 0.365. The minimum absolute atomic E-state index is 0.471. The van der Waals surface area contributed by atoms with Gasteiger partial charge in [-0.05, 0) is 24.2 Å². The van der Waals surface area contributed by atoms with Crippen LogP contribution in [0.5, 0.6) is 0 Å². The Balaban J connectivity index is 2.64.